The molecule has 0 atom stereocenters. The number of aromatic nitrogens is 2. The number of benzene rings is 1. The average Bonchev–Trinajstić information content (AvgIpc) is 2.80. The van der Waals surface area contributed by atoms with E-state index in [2.05, 4.69) is 28.3 Å². The summed E-state index contributed by atoms with van der Waals surface area (Å²) in [5.41, 5.74) is 1.71. The smallest absolute Gasteiger partial charge is 0.125 e. The molecule has 3 nitrogen and oxygen atoms in total. The lowest BCUT2D eigenvalue weighted by atomic mass is 10.3. The number of alkyl halides is 1. The second-order valence-electron chi connectivity index (χ2n) is 5.19. The third kappa shape index (κ3) is 3.95. The highest BCUT2D eigenvalue weighted by Gasteiger charge is 2.12. The quantitative estimate of drug-likeness (QED) is 0.693. The minimum Gasteiger partial charge on any atom is -0.327 e. The molecule has 0 aliphatic rings. The van der Waals surface area contributed by atoms with Crippen molar-refractivity contribution in [3.63, 3.8) is 0 Å². The molecule has 0 aliphatic carbocycles. The van der Waals surface area contributed by atoms with Gasteiger partial charge in [0, 0.05) is 31.5 Å². The van der Waals surface area contributed by atoms with Crippen LogP contribution in [0.4, 0.5) is 4.39 Å². The van der Waals surface area contributed by atoms with E-state index in [0.717, 1.165) is 43.9 Å². The molecule has 2 rings (SSSR count). The predicted octanol–water partition coefficient (Wildman–Crippen LogP) is 3.69. The van der Waals surface area contributed by atoms with Crippen molar-refractivity contribution < 1.29 is 4.39 Å². The van der Waals surface area contributed by atoms with Crippen LogP contribution >= 0.6 is 11.6 Å². The Morgan fingerprint density at radius 1 is 1.29 bits per heavy atom. The van der Waals surface area contributed by atoms with Crippen molar-refractivity contribution in [2.45, 2.75) is 33.2 Å². The topological polar surface area (TPSA) is 21.1 Å². The van der Waals surface area contributed by atoms with E-state index in [1.54, 1.807) is 0 Å². The van der Waals surface area contributed by atoms with Gasteiger partial charge in [-0.3, -0.25) is 0 Å². The van der Waals surface area contributed by atoms with Crippen LogP contribution in [-0.2, 0) is 13.0 Å². The van der Waals surface area contributed by atoms with Gasteiger partial charge in [-0.15, -0.1) is 11.6 Å². The lowest BCUT2D eigenvalue weighted by molar-refractivity contribution is 0.277. The number of imidazole rings is 1. The minimum atomic E-state index is -0.245. The highest BCUT2D eigenvalue weighted by molar-refractivity contribution is 6.17. The molecule has 1 aromatic heterocycles. The van der Waals surface area contributed by atoms with E-state index < -0.39 is 0 Å². The lowest BCUT2D eigenvalue weighted by Crippen LogP contribution is -2.28. The number of fused-ring (bicyclic) bond motifs is 1. The van der Waals surface area contributed by atoms with Gasteiger partial charge in [-0.25, -0.2) is 9.37 Å². The SMILES string of the molecule is CCCN(CC)CCn1c(CCCl)nc2cc(F)ccc21. The highest BCUT2D eigenvalue weighted by atomic mass is 35.5. The largest absolute Gasteiger partial charge is 0.327 e. The van der Waals surface area contributed by atoms with Crippen LogP contribution in [-0.4, -0.2) is 40.0 Å². The average molecular weight is 312 g/mol. The molecule has 0 spiro atoms. The van der Waals surface area contributed by atoms with Gasteiger partial charge in [0.2, 0.25) is 0 Å². The molecule has 0 unspecified atom stereocenters. The molecule has 0 fully saturated rings. The van der Waals surface area contributed by atoms with Gasteiger partial charge in [0.1, 0.15) is 11.6 Å². The van der Waals surface area contributed by atoms with Gasteiger partial charge in [0.25, 0.3) is 0 Å². The van der Waals surface area contributed by atoms with E-state index in [4.69, 9.17) is 11.6 Å². The van der Waals surface area contributed by atoms with Crippen molar-refractivity contribution >= 4 is 22.6 Å². The van der Waals surface area contributed by atoms with Gasteiger partial charge in [0.15, 0.2) is 0 Å². The molecular formula is C16H23ClFN3. The number of aryl methyl sites for hydroxylation is 1. The second kappa shape index (κ2) is 7.76. The zero-order chi connectivity index (χ0) is 15.2. The number of halogens is 2. The first kappa shape index (κ1) is 16.2. The summed E-state index contributed by atoms with van der Waals surface area (Å²) >= 11 is 5.87. The Balaban J connectivity index is 2.25. The number of rotatable bonds is 8. The highest BCUT2D eigenvalue weighted by Crippen LogP contribution is 2.18. The van der Waals surface area contributed by atoms with Crippen molar-refractivity contribution in [1.82, 2.24) is 14.5 Å². The first-order valence-electron chi connectivity index (χ1n) is 7.62. The number of hydrogen-bond donors (Lipinski definition) is 0. The fourth-order valence-corrected chi connectivity index (χ4v) is 2.83. The molecule has 1 heterocycles. The zero-order valence-electron chi connectivity index (χ0n) is 12.8. The summed E-state index contributed by atoms with van der Waals surface area (Å²) in [7, 11) is 0. The van der Waals surface area contributed by atoms with Gasteiger partial charge in [-0.1, -0.05) is 13.8 Å². The molecule has 0 bridgehead atoms. The number of hydrogen-bond acceptors (Lipinski definition) is 2. The van der Waals surface area contributed by atoms with Crippen LogP contribution in [0.15, 0.2) is 18.2 Å². The summed E-state index contributed by atoms with van der Waals surface area (Å²) in [5, 5.41) is 0. The fourth-order valence-electron chi connectivity index (χ4n) is 2.66. The van der Waals surface area contributed by atoms with Crippen LogP contribution in [0.25, 0.3) is 11.0 Å². The predicted molar refractivity (Wildman–Crippen MR) is 86.5 cm³/mol. The van der Waals surface area contributed by atoms with Gasteiger partial charge in [-0.2, -0.15) is 0 Å². The molecule has 0 N–H and O–H groups in total. The summed E-state index contributed by atoms with van der Waals surface area (Å²) in [6.45, 7) is 8.35. The monoisotopic (exact) mass is 311 g/mol. The molecule has 0 aliphatic heterocycles. The van der Waals surface area contributed by atoms with Crippen LogP contribution in [0, 0.1) is 5.82 Å². The third-order valence-electron chi connectivity index (χ3n) is 3.73. The van der Waals surface area contributed by atoms with Gasteiger partial charge in [-0.05, 0) is 31.6 Å². The van der Waals surface area contributed by atoms with Gasteiger partial charge in [0.05, 0.1) is 11.0 Å². The van der Waals surface area contributed by atoms with Crippen molar-refractivity contribution in [2.24, 2.45) is 0 Å². The first-order valence-corrected chi connectivity index (χ1v) is 8.16. The van der Waals surface area contributed by atoms with Crippen LogP contribution < -0.4 is 0 Å². The minimum absolute atomic E-state index is 0.245. The van der Waals surface area contributed by atoms with E-state index in [-0.39, 0.29) is 5.82 Å². The zero-order valence-corrected chi connectivity index (χ0v) is 13.5. The third-order valence-corrected chi connectivity index (χ3v) is 3.92. The van der Waals surface area contributed by atoms with E-state index in [1.807, 2.05) is 6.07 Å². The van der Waals surface area contributed by atoms with E-state index in [1.165, 1.54) is 12.1 Å². The van der Waals surface area contributed by atoms with Gasteiger partial charge >= 0.3 is 0 Å². The lowest BCUT2D eigenvalue weighted by Gasteiger charge is -2.20. The Morgan fingerprint density at radius 2 is 2.10 bits per heavy atom. The van der Waals surface area contributed by atoms with Crippen LogP contribution in [0.3, 0.4) is 0 Å². The number of nitrogens with zero attached hydrogens (tertiary/aromatic N) is 3. The van der Waals surface area contributed by atoms with E-state index in [0.29, 0.717) is 17.8 Å². The van der Waals surface area contributed by atoms with Crippen LogP contribution in [0.1, 0.15) is 26.1 Å². The summed E-state index contributed by atoms with van der Waals surface area (Å²) in [4.78, 5) is 6.95. The molecule has 21 heavy (non-hydrogen) atoms. The first-order chi connectivity index (χ1) is 10.2. The van der Waals surface area contributed by atoms with Crippen molar-refractivity contribution in [3.8, 4) is 0 Å². The van der Waals surface area contributed by atoms with Crippen molar-refractivity contribution in [2.75, 3.05) is 25.5 Å². The molecule has 0 radical (unpaired) electrons. The van der Waals surface area contributed by atoms with Crippen LogP contribution in [0.5, 0.6) is 0 Å². The number of likely N-dealkylation sites (N-methyl/N-ethyl adjacent to an activating group) is 1. The molecule has 0 saturated heterocycles. The fraction of sp³-hybridized carbons (Fsp3) is 0.562. The normalized spacial score (nSPS) is 11.7. The molecule has 116 valence electrons. The maximum atomic E-state index is 13.3. The van der Waals surface area contributed by atoms with E-state index >= 15 is 0 Å². The molecular weight excluding hydrogens is 289 g/mol. The summed E-state index contributed by atoms with van der Waals surface area (Å²) in [6, 6.07) is 4.80. The van der Waals surface area contributed by atoms with Crippen molar-refractivity contribution in [1.29, 1.82) is 0 Å². The van der Waals surface area contributed by atoms with Crippen molar-refractivity contribution in [3.05, 3.63) is 29.8 Å². The molecule has 0 amide bonds. The summed E-state index contributed by atoms with van der Waals surface area (Å²) in [6.07, 6.45) is 1.86. The molecule has 5 heteroatoms. The Kier molecular flexibility index (Phi) is 6.00. The Bertz CT molecular complexity index is 582. The molecule has 0 saturated carbocycles. The summed E-state index contributed by atoms with van der Waals surface area (Å²) < 4.78 is 15.5. The Labute approximate surface area is 130 Å². The van der Waals surface area contributed by atoms with Crippen LogP contribution in [0.2, 0.25) is 0 Å². The maximum absolute atomic E-state index is 13.3. The molecule has 1 aromatic carbocycles. The maximum Gasteiger partial charge on any atom is 0.125 e. The van der Waals surface area contributed by atoms with Gasteiger partial charge < -0.3 is 9.47 Å². The second-order valence-corrected chi connectivity index (χ2v) is 5.56. The Morgan fingerprint density at radius 3 is 2.76 bits per heavy atom. The Hall–Kier alpha value is -1.13. The summed E-state index contributed by atoms with van der Waals surface area (Å²) in [5.74, 6) is 1.22. The standard InChI is InChI=1S/C16H23ClFN3/c1-3-9-20(4-2)10-11-21-15-6-5-13(18)12-14(15)19-16(21)7-8-17/h5-6,12H,3-4,7-11H2,1-2H3. The van der Waals surface area contributed by atoms with E-state index in [9.17, 15) is 4.39 Å². The molecule has 2 aromatic rings.